The van der Waals surface area contributed by atoms with Crippen molar-refractivity contribution >= 4 is 35.5 Å². The summed E-state index contributed by atoms with van der Waals surface area (Å²) in [5.41, 5.74) is 10.3. The molecule has 0 saturated carbocycles. The molecule has 0 aliphatic carbocycles. The van der Waals surface area contributed by atoms with Gasteiger partial charge in [0.15, 0.2) is 0 Å². The number of carbonyl (C=O) groups excluding carboxylic acids is 5. The molecule has 0 spiro atoms. The van der Waals surface area contributed by atoms with Crippen molar-refractivity contribution in [2.45, 2.75) is 83.0 Å². The van der Waals surface area contributed by atoms with Crippen molar-refractivity contribution in [1.29, 1.82) is 0 Å². The molecular weight excluding hydrogens is 448 g/mol. The van der Waals surface area contributed by atoms with Gasteiger partial charge >= 0.3 is 5.97 Å². The third-order valence-electron chi connectivity index (χ3n) is 5.78. The van der Waals surface area contributed by atoms with Crippen LogP contribution < -0.4 is 32.7 Å². The summed E-state index contributed by atoms with van der Waals surface area (Å²) in [5.74, 6) is -4.95. The van der Waals surface area contributed by atoms with Gasteiger partial charge in [0.2, 0.25) is 29.5 Å². The summed E-state index contributed by atoms with van der Waals surface area (Å²) in [6.07, 6.45) is 1.22. The largest absolute Gasteiger partial charge is 0.480 e. The van der Waals surface area contributed by atoms with E-state index < -0.39 is 65.6 Å². The monoisotopic (exact) mass is 484 g/mol. The number of nitrogens with two attached hydrogens (primary N) is 2. The molecule has 0 aromatic heterocycles. The highest BCUT2D eigenvalue weighted by Crippen LogP contribution is 2.11. The van der Waals surface area contributed by atoms with Crippen LogP contribution in [0.2, 0.25) is 0 Å². The minimum absolute atomic E-state index is 0.0646. The SMILES string of the molecule is CCC(C)C(NC(=O)C(CCC(N)=O)NC(=O)C1CCCN1)C(=O)NC(CCC(N)=O)C(=O)O. The average molecular weight is 485 g/mol. The third-order valence-corrected chi connectivity index (χ3v) is 5.78. The van der Waals surface area contributed by atoms with Gasteiger partial charge in [0.1, 0.15) is 18.1 Å². The van der Waals surface area contributed by atoms with Crippen molar-refractivity contribution in [1.82, 2.24) is 21.3 Å². The maximum absolute atomic E-state index is 13.0. The Labute approximate surface area is 198 Å². The lowest BCUT2D eigenvalue weighted by molar-refractivity contribution is -0.143. The van der Waals surface area contributed by atoms with E-state index >= 15 is 0 Å². The highest BCUT2D eigenvalue weighted by Gasteiger charge is 2.33. The molecule has 13 heteroatoms. The van der Waals surface area contributed by atoms with Gasteiger partial charge in [-0.05, 0) is 38.1 Å². The second kappa shape index (κ2) is 14.1. The van der Waals surface area contributed by atoms with Crippen LogP contribution in [-0.2, 0) is 28.8 Å². The molecule has 192 valence electrons. The molecule has 5 amide bonds. The van der Waals surface area contributed by atoms with Crippen molar-refractivity contribution in [2.24, 2.45) is 17.4 Å². The number of nitrogens with one attached hydrogen (secondary N) is 4. The number of carbonyl (C=O) groups is 6. The molecule has 1 aliphatic rings. The van der Waals surface area contributed by atoms with E-state index in [-0.39, 0.29) is 25.7 Å². The lowest BCUT2D eigenvalue weighted by Crippen LogP contribution is -2.58. The van der Waals surface area contributed by atoms with Gasteiger partial charge in [0.05, 0.1) is 6.04 Å². The van der Waals surface area contributed by atoms with E-state index in [0.29, 0.717) is 19.4 Å². The van der Waals surface area contributed by atoms with E-state index in [1.165, 1.54) is 0 Å². The maximum atomic E-state index is 13.0. The van der Waals surface area contributed by atoms with Crippen molar-refractivity contribution < 1.29 is 33.9 Å². The molecule has 5 unspecified atom stereocenters. The summed E-state index contributed by atoms with van der Waals surface area (Å²) in [5, 5.41) is 19.9. The minimum Gasteiger partial charge on any atom is -0.480 e. The van der Waals surface area contributed by atoms with Gasteiger partial charge in [-0.15, -0.1) is 0 Å². The molecule has 13 nitrogen and oxygen atoms in total. The fraction of sp³-hybridized carbons (Fsp3) is 0.714. The minimum atomic E-state index is -1.37. The lowest BCUT2D eigenvalue weighted by atomic mass is 9.96. The molecule has 0 aromatic rings. The quantitative estimate of drug-likeness (QED) is 0.135. The zero-order valence-corrected chi connectivity index (χ0v) is 19.6. The first-order chi connectivity index (χ1) is 16.0. The Hall–Kier alpha value is -3.22. The smallest absolute Gasteiger partial charge is 0.326 e. The topological polar surface area (TPSA) is 223 Å². The second-order valence-corrected chi connectivity index (χ2v) is 8.49. The Kier molecular flexibility index (Phi) is 12.0. The fourth-order valence-corrected chi connectivity index (χ4v) is 3.50. The number of amides is 5. The molecular formula is C21H36N6O7. The van der Waals surface area contributed by atoms with Gasteiger partial charge in [-0.25, -0.2) is 4.79 Å². The first-order valence-electron chi connectivity index (χ1n) is 11.4. The molecule has 1 heterocycles. The predicted molar refractivity (Wildman–Crippen MR) is 121 cm³/mol. The number of aliphatic carboxylic acids is 1. The summed E-state index contributed by atoms with van der Waals surface area (Å²) in [6, 6.07) is -4.07. The maximum Gasteiger partial charge on any atom is 0.326 e. The van der Waals surface area contributed by atoms with E-state index in [1.54, 1.807) is 13.8 Å². The number of carboxylic acids is 1. The van der Waals surface area contributed by atoms with Crippen LogP contribution in [0.5, 0.6) is 0 Å². The molecule has 1 fully saturated rings. The predicted octanol–water partition coefficient (Wildman–Crippen LogP) is -2.15. The Morgan fingerprint density at radius 2 is 1.53 bits per heavy atom. The Balaban J connectivity index is 2.96. The zero-order chi connectivity index (χ0) is 25.8. The lowest BCUT2D eigenvalue weighted by Gasteiger charge is -2.28. The Morgan fingerprint density at radius 1 is 0.941 bits per heavy atom. The average Bonchev–Trinajstić information content (AvgIpc) is 3.31. The van der Waals surface area contributed by atoms with Crippen molar-refractivity contribution in [3.8, 4) is 0 Å². The van der Waals surface area contributed by atoms with Crippen LogP contribution in [0.4, 0.5) is 0 Å². The van der Waals surface area contributed by atoms with Crippen molar-refractivity contribution in [2.75, 3.05) is 6.54 Å². The van der Waals surface area contributed by atoms with Crippen LogP contribution in [0.15, 0.2) is 0 Å². The van der Waals surface area contributed by atoms with Gasteiger partial charge in [-0.1, -0.05) is 20.3 Å². The highest BCUT2D eigenvalue weighted by atomic mass is 16.4. The van der Waals surface area contributed by atoms with E-state index in [0.717, 1.165) is 6.42 Å². The molecule has 1 aliphatic heterocycles. The van der Waals surface area contributed by atoms with E-state index in [9.17, 15) is 33.9 Å². The number of carboxylic acid groups (broad SMARTS) is 1. The van der Waals surface area contributed by atoms with E-state index in [1.807, 2.05) is 0 Å². The second-order valence-electron chi connectivity index (χ2n) is 8.49. The van der Waals surface area contributed by atoms with Crippen molar-refractivity contribution in [3.05, 3.63) is 0 Å². The Bertz CT molecular complexity index is 769. The Morgan fingerprint density at radius 3 is 2.00 bits per heavy atom. The molecule has 0 radical (unpaired) electrons. The van der Waals surface area contributed by atoms with Gasteiger partial charge in [0.25, 0.3) is 0 Å². The molecule has 34 heavy (non-hydrogen) atoms. The summed E-state index contributed by atoms with van der Waals surface area (Å²) < 4.78 is 0. The van der Waals surface area contributed by atoms with Gasteiger partial charge < -0.3 is 37.8 Å². The zero-order valence-electron chi connectivity index (χ0n) is 19.6. The molecule has 1 saturated heterocycles. The standard InChI is InChI=1S/C21H36N6O7/c1-3-11(2)17(20(32)26-14(21(33)34)7-9-16(23)29)27-19(31)13(6-8-15(22)28)25-18(30)12-5-4-10-24-12/h11-14,17,24H,3-10H2,1-2H3,(H2,22,28)(H2,23,29)(H,25,30)(H,26,32)(H,27,31)(H,33,34). The summed E-state index contributed by atoms with van der Waals surface area (Å²) >= 11 is 0. The summed E-state index contributed by atoms with van der Waals surface area (Å²) in [7, 11) is 0. The molecule has 0 aromatic carbocycles. The first-order valence-corrected chi connectivity index (χ1v) is 11.4. The van der Waals surface area contributed by atoms with Crippen LogP contribution in [0, 0.1) is 5.92 Å². The number of rotatable bonds is 15. The summed E-state index contributed by atoms with van der Waals surface area (Å²) in [6.45, 7) is 4.16. The molecule has 9 N–H and O–H groups in total. The van der Waals surface area contributed by atoms with Crippen LogP contribution in [0.1, 0.15) is 58.8 Å². The van der Waals surface area contributed by atoms with Crippen molar-refractivity contribution in [3.63, 3.8) is 0 Å². The first kappa shape index (κ1) is 28.8. The van der Waals surface area contributed by atoms with E-state index in [2.05, 4.69) is 21.3 Å². The summed E-state index contributed by atoms with van der Waals surface area (Å²) in [4.78, 5) is 72.2. The van der Waals surface area contributed by atoms with Crippen LogP contribution in [0.3, 0.4) is 0 Å². The fourth-order valence-electron chi connectivity index (χ4n) is 3.50. The van der Waals surface area contributed by atoms with Crippen LogP contribution in [0.25, 0.3) is 0 Å². The van der Waals surface area contributed by atoms with Gasteiger partial charge in [-0.2, -0.15) is 0 Å². The van der Waals surface area contributed by atoms with Gasteiger partial charge in [0, 0.05) is 12.8 Å². The van der Waals surface area contributed by atoms with Gasteiger partial charge in [-0.3, -0.25) is 24.0 Å². The molecule has 0 bridgehead atoms. The molecule has 5 atom stereocenters. The van der Waals surface area contributed by atoms with Crippen LogP contribution >= 0.6 is 0 Å². The number of hydrogen-bond acceptors (Lipinski definition) is 7. The third kappa shape index (κ3) is 9.73. The van der Waals surface area contributed by atoms with Crippen LogP contribution in [-0.4, -0.2) is 71.3 Å². The number of hydrogen-bond donors (Lipinski definition) is 7. The number of primary amides is 2. The highest BCUT2D eigenvalue weighted by molar-refractivity contribution is 5.94. The normalized spacial score (nSPS) is 18.7. The van der Waals surface area contributed by atoms with E-state index in [4.69, 9.17) is 11.5 Å². The molecule has 1 rings (SSSR count).